The van der Waals surface area contributed by atoms with Gasteiger partial charge in [0.25, 0.3) is 11.7 Å². The molecule has 0 spiro atoms. The Morgan fingerprint density at radius 2 is 1.88 bits per heavy atom. The van der Waals surface area contributed by atoms with Gasteiger partial charge in [0.2, 0.25) is 0 Å². The van der Waals surface area contributed by atoms with Crippen LogP contribution in [0.2, 0.25) is 5.02 Å². The lowest BCUT2D eigenvalue weighted by atomic mass is 9.92. The van der Waals surface area contributed by atoms with Crippen LogP contribution in [0.15, 0.2) is 72.4 Å². The van der Waals surface area contributed by atoms with Gasteiger partial charge in [-0.15, -0.1) is 0 Å². The zero-order valence-electron chi connectivity index (χ0n) is 17.6. The molecular formula is C25H21ClN2O4. The number of Topliss-reactive ketones (excluding diaryl/α,β-unsaturated/α-hetero) is 1. The third-order valence-electron chi connectivity index (χ3n) is 5.51. The highest BCUT2D eigenvalue weighted by atomic mass is 35.5. The van der Waals surface area contributed by atoms with E-state index in [4.69, 9.17) is 16.3 Å². The first-order valence-corrected chi connectivity index (χ1v) is 10.4. The van der Waals surface area contributed by atoms with E-state index in [9.17, 15) is 14.7 Å². The van der Waals surface area contributed by atoms with E-state index < -0.39 is 17.7 Å². The van der Waals surface area contributed by atoms with Crippen LogP contribution in [-0.4, -0.2) is 33.8 Å². The summed E-state index contributed by atoms with van der Waals surface area (Å²) in [5.41, 5.74) is 2.63. The zero-order valence-corrected chi connectivity index (χ0v) is 18.3. The van der Waals surface area contributed by atoms with Gasteiger partial charge in [0, 0.05) is 11.8 Å². The molecule has 1 N–H and O–H groups in total. The van der Waals surface area contributed by atoms with E-state index in [1.54, 1.807) is 30.5 Å². The quantitative estimate of drug-likeness (QED) is 0.348. The number of pyridine rings is 1. The maximum Gasteiger partial charge on any atom is 0.296 e. The van der Waals surface area contributed by atoms with Crippen LogP contribution in [0.1, 0.15) is 28.4 Å². The van der Waals surface area contributed by atoms with Crippen molar-refractivity contribution in [1.82, 2.24) is 9.88 Å². The first-order chi connectivity index (χ1) is 15.4. The summed E-state index contributed by atoms with van der Waals surface area (Å²) in [6.45, 7) is 2.03. The van der Waals surface area contributed by atoms with E-state index >= 15 is 0 Å². The number of nitrogens with zero attached hydrogens (tertiary/aromatic N) is 2. The molecule has 7 heteroatoms. The van der Waals surface area contributed by atoms with E-state index in [2.05, 4.69) is 4.98 Å². The standard InChI is InChI=1S/C25H21ClN2O4/c1-15-7-3-4-9-18(15)22-21(23(29)16-10-11-20(32-2)19(26)13-16)24(30)25(31)28(22)14-17-8-5-6-12-27-17/h3-13,22,29H,14H2,1-2H3/b23-21+. The molecule has 1 saturated heterocycles. The zero-order chi connectivity index (χ0) is 22.8. The fourth-order valence-electron chi connectivity index (χ4n) is 3.90. The van der Waals surface area contributed by atoms with Crippen molar-refractivity contribution >= 4 is 29.1 Å². The third kappa shape index (κ3) is 3.85. The number of benzene rings is 2. The number of rotatable bonds is 5. The lowest BCUT2D eigenvalue weighted by Gasteiger charge is -2.26. The summed E-state index contributed by atoms with van der Waals surface area (Å²) < 4.78 is 5.17. The van der Waals surface area contributed by atoms with Gasteiger partial charge < -0.3 is 14.7 Å². The van der Waals surface area contributed by atoms with E-state index in [-0.39, 0.29) is 22.9 Å². The number of hydrogen-bond acceptors (Lipinski definition) is 5. The number of methoxy groups -OCH3 is 1. The largest absolute Gasteiger partial charge is 0.507 e. The number of halogens is 1. The summed E-state index contributed by atoms with van der Waals surface area (Å²) in [7, 11) is 1.49. The minimum Gasteiger partial charge on any atom is -0.507 e. The monoisotopic (exact) mass is 448 g/mol. The Bertz CT molecular complexity index is 1220. The van der Waals surface area contributed by atoms with Crippen molar-refractivity contribution in [3.8, 4) is 5.75 Å². The first-order valence-electron chi connectivity index (χ1n) is 10.00. The fourth-order valence-corrected chi connectivity index (χ4v) is 4.15. The van der Waals surface area contributed by atoms with Gasteiger partial charge in [-0.25, -0.2) is 0 Å². The highest BCUT2D eigenvalue weighted by Crippen LogP contribution is 2.41. The van der Waals surface area contributed by atoms with Gasteiger partial charge in [-0.2, -0.15) is 0 Å². The minimum absolute atomic E-state index is 0.0152. The Labute approximate surface area is 190 Å². The molecule has 1 aliphatic heterocycles. The summed E-state index contributed by atoms with van der Waals surface area (Å²) in [6.07, 6.45) is 1.63. The number of ether oxygens (including phenoxy) is 1. The normalized spacial score (nSPS) is 17.6. The van der Waals surface area contributed by atoms with Gasteiger partial charge in [0.1, 0.15) is 11.5 Å². The van der Waals surface area contributed by atoms with Crippen LogP contribution in [0.5, 0.6) is 5.75 Å². The maximum atomic E-state index is 13.1. The van der Waals surface area contributed by atoms with Gasteiger partial charge in [-0.1, -0.05) is 41.9 Å². The van der Waals surface area contributed by atoms with Crippen molar-refractivity contribution in [1.29, 1.82) is 0 Å². The SMILES string of the molecule is COc1ccc(/C(O)=C2\C(=O)C(=O)N(Cc3ccccn3)C2c2ccccc2C)cc1Cl. The number of carbonyl (C=O) groups excluding carboxylic acids is 2. The molecule has 0 radical (unpaired) electrons. The minimum atomic E-state index is -0.765. The average molecular weight is 449 g/mol. The predicted molar refractivity (Wildman–Crippen MR) is 121 cm³/mol. The Morgan fingerprint density at radius 3 is 2.53 bits per heavy atom. The molecular weight excluding hydrogens is 428 g/mol. The molecule has 1 aliphatic rings. The number of carbonyl (C=O) groups is 2. The van der Waals surface area contributed by atoms with Crippen molar-refractivity contribution in [3.63, 3.8) is 0 Å². The number of ketones is 1. The summed E-state index contributed by atoms with van der Waals surface area (Å²) in [4.78, 5) is 32.0. The maximum absolute atomic E-state index is 13.1. The van der Waals surface area contributed by atoms with E-state index in [0.717, 1.165) is 11.1 Å². The van der Waals surface area contributed by atoms with Gasteiger partial charge in [0.15, 0.2) is 0 Å². The van der Waals surface area contributed by atoms with Gasteiger partial charge in [-0.05, 0) is 48.4 Å². The number of amides is 1. The van der Waals surface area contributed by atoms with Crippen LogP contribution < -0.4 is 4.74 Å². The number of aryl methyl sites for hydroxylation is 1. The molecule has 1 aromatic heterocycles. The molecule has 6 nitrogen and oxygen atoms in total. The van der Waals surface area contributed by atoms with Crippen molar-refractivity contribution in [3.05, 3.63) is 99.8 Å². The smallest absolute Gasteiger partial charge is 0.296 e. The molecule has 1 atom stereocenters. The number of likely N-dealkylation sites (tertiary alicyclic amines) is 1. The molecule has 162 valence electrons. The first kappa shape index (κ1) is 21.6. The Kier molecular flexibility index (Phi) is 5.97. The van der Waals surface area contributed by atoms with Crippen LogP contribution in [0.25, 0.3) is 5.76 Å². The molecule has 1 unspecified atom stereocenters. The second-order valence-electron chi connectivity index (χ2n) is 7.45. The number of aliphatic hydroxyl groups excluding tert-OH is 1. The molecule has 1 fully saturated rings. The number of hydrogen-bond donors (Lipinski definition) is 1. The predicted octanol–water partition coefficient (Wildman–Crippen LogP) is 4.67. The molecule has 0 aliphatic carbocycles. The highest BCUT2D eigenvalue weighted by molar-refractivity contribution is 6.46. The second-order valence-corrected chi connectivity index (χ2v) is 7.86. The molecule has 4 rings (SSSR count). The number of aliphatic hydroxyl groups is 1. The molecule has 32 heavy (non-hydrogen) atoms. The summed E-state index contributed by atoms with van der Waals surface area (Å²) in [6, 6.07) is 16.8. The van der Waals surface area contributed by atoms with E-state index in [1.807, 2.05) is 37.3 Å². The van der Waals surface area contributed by atoms with Crippen LogP contribution in [0.4, 0.5) is 0 Å². The highest BCUT2D eigenvalue weighted by Gasteiger charge is 2.46. The van der Waals surface area contributed by atoms with E-state index in [1.165, 1.54) is 18.1 Å². The summed E-state index contributed by atoms with van der Waals surface area (Å²) >= 11 is 6.23. The van der Waals surface area contributed by atoms with E-state index in [0.29, 0.717) is 17.0 Å². The van der Waals surface area contributed by atoms with Crippen LogP contribution >= 0.6 is 11.6 Å². The third-order valence-corrected chi connectivity index (χ3v) is 5.80. The van der Waals surface area contributed by atoms with Gasteiger partial charge in [-0.3, -0.25) is 14.6 Å². The molecule has 1 amide bonds. The summed E-state index contributed by atoms with van der Waals surface area (Å²) in [5.74, 6) is -1.29. The number of aromatic nitrogens is 1. The molecule has 0 saturated carbocycles. The van der Waals surface area contributed by atoms with Gasteiger partial charge >= 0.3 is 0 Å². The average Bonchev–Trinajstić information content (AvgIpc) is 3.04. The topological polar surface area (TPSA) is 79.7 Å². The molecule has 2 heterocycles. The van der Waals surface area contributed by atoms with Crippen LogP contribution in [-0.2, 0) is 16.1 Å². The lowest BCUT2D eigenvalue weighted by Crippen LogP contribution is -2.29. The Balaban J connectivity index is 1.89. The lowest BCUT2D eigenvalue weighted by molar-refractivity contribution is -0.140. The van der Waals surface area contributed by atoms with Crippen molar-refractivity contribution in [2.24, 2.45) is 0 Å². The van der Waals surface area contributed by atoms with Crippen LogP contribution in [0, 0.1) is 6.92 Å². The summed E-state index contributed by atoms with van der Waals surface area (Å²) in [5, 5.41) is 11.5. The van der Waals surface area contributed by atoms with Crippen molar-refractivity contribution in [2.45, 2.75) is 19.5 Å². The fraction of sp³-hybridized carbons (Fsp3) is 0.160. The Morgan fingerprint density at radius 1 is 1.12 bits per heavy atom. The molecule has 3 aromatic rings. The van der Waals surface area contributed by atoms with Crippen molar-refractivity contribution in [2.75, 3.05) is 7.11 Å². The van der Waals surface area contributed by atoms with Gasteiger partial charge in [0.05, 0.1) is 36.0 Å². The Hall–Kier alpha value is -3.64. The molecule has 0 bridgehead atoms. The second kappa shape index (κ2) is 8.85. The molecule has 2 aromatic carbocycles. The van der Waals surface area contributed by atoms with Crippen molar-refractivity contribution < 1.29 is 19.4 Å². The van der Waals surface area contributed by atoms with Crippen LogP contribution in [0.3, 0.4) is 0 Å².